The Hall–Kier alpha value is -1.05. The molecule has 6 heteroatoms. The Balaban J connectivity index is 1.43. The molecule has 3 rings (SSSR count). The van der Waals surface area contributed by atoms with Crippen molar-refractivity contribution in [1.82, 2.24) is 4.90 Å². The molecular formula is C18H26FNO4. The van der Waals surface area contributed by atoms with Gasteiger partial charge >= 0.3 is 0 Å². The Bertz CT molecular complexity index is 492. The van der Waals surface area contributed by atoms with Gasteiger partial charge in [0.15, 0.2) is 0 Å². The molecule has 0 amide bonds. The van der Waals surface area contributed by atoms with Crippen LogP contribution in [0.4, 0.5) is 4.39 Å². The average molecular weight is 339 g/mol. The first-order chi connectivity index (χ1) is 11.7. The van der Waals surface area contributed by atoms with Gasteiger partial charge in [0.25, 0.3) is 0 Å². The Morgan fingerprint density at radius 1 is 1.21 bits per heavy atom. The van der Waals surface area contributed by atoms with E-state index in [1.807, 2.05) is 0 Å². The predicted molar refractivity (Wildman–Crippen MR) is 87.3 cm³/mol. The van der Waals surface area contributed by atoms with E-state index in [-0.39, 0.29) is 18.0 Å². The Kier molecular flexibility index (Phi) is 6.57. The summed E-state index contributed by atoms with van der Waals surface area (Å²) < 4.78 is 29.9. The molecule has 1 N–H and O–H groups in total. The van der Waals surface area contributed by atoms with Gasteiger partial charge in [0.05, 0.1) is 31.5 Å². The minimum Gasteiger partial charge on any atom is -0.389 e. The van der Waals surface area contributed by atoms with Crippen molar-refractivity contribution in [3.63, 3.8) is 0 Å². The lowest BCUT2D eigenvalue weighted by molar-refractivity contribution is -0.0781. The highest BCUT2D eigenvalue weighted by atomic mass is 19.1. The topological polar surface area (TPSA) is 51.2 Å². The summed E-state index contributed by atoms with van der Waals surface area (Å²) in [5.74, 6) is -0.243. The van der Waals surface area contributed by atoms with Gasteiger partial charge in [0.1, 0.15) is 5.82 Å². The van der Waals surface area contributed by atoms with Gasteiger partial charge in [-0.2, -0.15) is 0 Å². The smallest absolute Gasteiger partial charge is 0.123 e. The maximum atomic E-state index is 13.0. The molecule has 2 saturated heterocycles. The van der Waals surface area contributed by atoms with E-state index < -0.39 is 6.10 Å². The number of ether oxygens (including phenoxy) is 3. The fourth-order valence-corrected chi connectivity index (χ4v) is 3.19. The van der Waals surface area contributed by atoms with Gasteiger partial charge in [-0.1, -0.05) is 12.1 Å². The number of rotatable bonds is 6. The molecule has 1 aromatic rings. The molecule has 0 aliphatic carbocycles. The number of β-amino-alcohol motifs (C(OH)–C–C–N with tert-alkyl or cyclic N) is 1. The van der Waals surface area contributed by atoms with E-state index in [0.717, 1.165) is 38.2 Å². The van der Waals surface area contributed by atoms with Gasteiger partial charge in [0, 0.05) is 32.8 Å². The molecule has 1 aromatic carbocycles. The zero-order valence-electron chi connectivity index (χ0n) is 13.9. The second-order valence-electron chi connectivity index (χ2n) is 6.47. The second-order valence-corrected chi connectivity index (χ2v) is 6.47. The zero-order chi connectivity index (χ0) is 16.8. The highest BCUT2D eigenvalue weighted by Gasteiger charge is 2.24. The summed E-state index contributed by atoms with van der Waals surface area (Å²) in [5, 5.41) is 10.2. The van der Waals surface area contributed by atoms with Crippen molar-refractivity contribution < 1.29 is 23.7 Å². The summed E-state index contributed by atoms with van der Waals surface area (Å²) in [5.41, 5.74) is 0.967. The second kappa shape index (κ2) is 8.87. The van der Waals surface area contributed by atoms with Crippen LogP contribution in [0.5, 0.6) is 0 Å². The third kappa shape index (κ3) is 5.22. The van der Waals surface area contributed by atoms with Crippen molar-refractivity contribution >= 4 is 0 Å². The van der Waals surface area contributed by atoms with Crippen molar-refractivity contribution in [2.75, 3.05) is 46.1 Å². The van der Waals surface area contributed by atoms with Crippen LogP contribution in [0.25, 0.3) is 0 Å². The molecule has 0 unspecified atom stereocenters. The summed E-state index contributed by atoms with van der Waals surface area (Å²) in [4.78, 5) is 2.18. The van der Waals surface area contributed by atoms with Gasteiger partial charge in [-0.3, -0.25) is 4.90 Å². The zero-order valence-corrected chi connectivity index (χ0v) is 13.9. The van der Waals surface area contributed by atoms with E-state index >= 15 is 0 Å². The van der Waals surface area contributed by atoms with Crippen molar-refractivity contribution in [3.8, 4) is 0 Å². The van der Waals surface area contributed by atoms with E-state index in [2.05, 4.69) is 4.90 Å². The summed E-state index contributed by atoms with van der Waals surface area (Å²) in [6.45, 7) is 4.47. The Labute approximate surface area is 142 Å². The quantitative estimate of drug-likeness (QED) is 0.856. The van der Waals surface area contributed by atoms with E-state index in [9.17, 15) is 9.50 Å². The van der Waals surface area contributed by atoms with Crippen molar-refractivity contribution in [2.24, 2.45) is 0 Å². The van der Waals surface area contributed by atoms with Crippen LogP contribution in [0.1, 0.15) is 24.5 Å². The molecule has 2 aliphatic rings. The van der Waals surface area contributed by atoms with E-state index in [1.165, 1.54) is 12.1 Å². The van der Waals surface area contributed by atoms with Gasteiger partial charge in [-0.05, 0) is 30.5 Å². The first-order valence-electron chi connectivity index (χ1n) is 8.67. The molecule has 134 valence electrons. The van der Waals surface area contributed by atoms with Crippen LogP contribution in [0.2, 0.25) is 0 Å². The van der Waals surface area contributed by atoms with Crippen LogP contribution in [-0.2, 0) is 14.2 Å². The average Bonchev–Trinajstić information content (AvgIpc) is 2.62. The summed E-state index contributed by atoms with van der Waals surface area (Å²) in [6.07, 6.45) is 1.40. The third-order valence-electron chi connectivity index (χ3n) is 4.55. The van der Waals surface area contributed by atoms with Gasteiger partial charge in [-0.25, -0.2) is 4.39 Å². The first-order valence-corrected chi connectivity index (χ1v) is 8.67. The molecule has 2 heterocycles. The summed E-state index contributed by atoms with van der Waals surface area (Å²) in [6, 6.07) is 6.42. The van der Waals surface area contributed by atoms with Crippen LogP contribution in [0, 0.1) is 5.82 Å². The summed E-state index contributed by atoms with van der Waals surface area (Å²) >= 11 is 0. The van der Waals surface area contributed by atoms with E-state index in [1.54, 1.807) is 12.1 Å². The molecule has 0 spiro atoms. The van der Waals surface area contributed by atoms with Gasteiger partial charge < -0.3 is 19.3 Å². The summed E-state index contributed by atoms with van der Waals surface area (Å²) in [7, 11) is 0. The van der Waals surface area contributed by atoms with E-state index in [4.69, 9.17) is 14.2 Å². The van der Waals surface area contributed by atoms with Gasteiger partial charge in [-0.15, -0.1) is 0 Å². The SMILES string of the molecule is O[C@@H](COC1CCOCC1)CN1CCO[C@@H](c2ccc(F)cc2)C1. The van der Waals surface area contributed by atoms with Crippen LogP contribution in [0.15, 0.2) is 24.3 Å². The molecule has 2 atom stereocenters. The van der Waals surface area contributed by atoms with Crippen LogP contribution in [-0.4, -0.2) is 68.3 Å². The molecule has 0 saturated carbocycles. The highest BCUT2D eigenvalue weighted by Crippen LogP contribution is 2.22. The van der Waals surface area contributed by atoms with Crippen LogP contribution < -0.4 is 0 Å². The fourth-order valence-electron chi connectivity index (χ4n) is 3.19. The predicted octanol–water partition coefficient (Wildman–Crippen LogP) is 1.76. The van der Waals surface area contributed by atoms with E-state index in [0.29, 0.717) is 26.3 Å². The van der Waals surface area contributed by atoms with Crippen molar-refractivity contribution in [1.29, 1.82) is 0 Å². The third-order valence-corrected chi connectivity index (χ3v) is 4.55. The fraction of sp³-hybridized carbons (Fsp3) is 0.667. The number of aliphatic hydroxyl groups excluding tert-OH is 1. The van der Waals surface area contributed by atoms with Crippen LogP contribution in [0.3, 0.4) is 0 Å². The lowest BCUT2D eigenvalue weighted by Crippen LogP contribution is -2.43. The minimum atomic E-state index is -0.514. The molecule has 2 fully saturated rings. The molecule has 0 aromatic heterocycles. The Morgan fingerprint density at radius 2 is 1.96 bits per heavy atom. The molecule has 24 heavy (non-hydrogen) atoms. The number of hydrogen-bond donors (Lipinski definition) is 1. The molecule has 0 bridgehead atoms. The van der Waals surface area contributed by atoms with Crippen molar-refractivity contribution in [3.05, 3.63) is 35.6 Å². The molecule has 0 radical (unpaired) electrons. The molecule has 5 nitrogen and oxygen atoms in total. The van der Waals surface area contributed by atoms with Gasteiger partial charge in [0.2, 0.25) is 0 Å². The van der Waals surface area contributed by atoms with Crippen LogP contribution >= 0.6 is 0 Å². The first kappa shape index (κ1) is 17.8. The standard InChI is InChI=1S/C18H26FNO4/c19-15-3-1-14(2-4-15)18-12-20(7-10-23-18)11-16(21)13-24-17-5-8-22-9-6-17/h1-4,16-18,21H,5-13H2/t16-,18-/m1/s1. The number of morpholine rings is 1. The largest absolute Gasteiger partial charge is 0.389 e. The lowest BCUT2D eigenvalue weighted by atomic mass is 10.1. The highest BCUT2D eigenvalue weighted by molar-refractivity contribution is 5.19. The maximum absolute atomic E-state index is 13.0. The number of hydrogen-bond acceptors (Lipinski definition) is 5. The Morgan fingerprint density at radius 3 is 2.71 bits per heavy atom. The maximum Gasteiger partial charge on any atom is 0.123 e. The monoisotopic (exact) mass is 339 g/mol. The molecule has 2 aliphatic heterocycles. The minimum absolute atomic E-state index is 0.0806. The van der Waals surface area contributed by atoms with Crippen molar-refractivity contribution in [2.45, 2.75) is 31.2 Å². The number of aliphatic hydroxyl groups is 1. The normalized spacial score (nSPS) is 24.8. The lowest BCUT2D eigenvalue weighted by Gasteiger charge is -2.34. The number of benzene rings is 1. The number of nitrogens with zero attached hydrogens (tertiary/aromatic N) is 1. The molecular weight excluding hydrogens is 313 g/mol. The number of halogens is 1.